The Morgan fingerprint density at radius 2 is 1.69 bits per heavy atom. The molecule has 0 aliphatic carbocycles. The minimum atomic E-state index is -0.215. The number of carbonyl (C=O) groups excluding carboxylic acids is 2. The summed E-state index contributed by atoms with van der Waals surface area (Å²) in [5.41, 5.74) is 2.09. The van der Waals surface area contributed by atoms with Crippen LogP contribution in [0.1, 0.15) is 37.7 Å². The number of hydrogen-bond donors (Lipinski definition) is 2. The van der Waals surface area contributed by atoms with Crippen LogP contribution in [0.5, 0.6) is 0 Å². The Kier molecular flexibility index (Phi) is 8.61. The number of ether oxygens (including phenoxy) is 1. The molecule has 9 heteroatoms. The lowest BCUT2D eigenvalue weighted by Crippen LogP contribution is -2.50. The molecule has 0 atom stereocenters. The number of benzene rings is 1. The first-order valence-corrected chi connectivity index (χ1v) is 13.9. The maximum atomic E-state index is 12.8. The molecule has 1 aromatic rings. The number of rotatable bonds is 5. The third-order valence-electron chi connectivity index (χ3n) is 8.39. The highest BCUT2D eigenvalue weighted by Crippen LogP contribution is 2.25. The number of carbonyl (C=O) groups is 2. The molecule has 0 unspecified atom stereocenters. The summed E-state index contributed by atoms with van der Waals surface area (Å²) in [5, 5.41) is 6.55. The van der Waals surface area contributed by atoms with Crippen molar-refractivity contribution in [2.45, 2.75) is 50.6 Å². The molecule has 0 radical (unpaired) electrons. The number of hydrogen-bond acceptors (Lipinski definition) is 6. The van der Waals surface area contributed by atoms with Crippen molar-refractivity contribution >= 4 is 17.8 Å². The molecule has 36 heavy (non-hydrogen) atoms. The van der Waals surface area contributed by atoms with Crippen LogP contribution in [0.15, 0.2) is 24.3 Å². The van der Waals surface area contributed by atoms with Crippen molar-refractivity contribution in [2.24, 2.45) is 0 Å². The molecule has 4 aliphatic rings. The normalized spacial score (nSPS) is 23.5. The molecule has 1 aromatic carbocycles. The van der Waals surface area contributed by atoms with E-state index in [-0.39, 0.29) is 18.2 Å². The molecule has 0 spiro atoms. The minimum absolute atomic E-state index is 0.0303. The Hall–Kier alpha value is -2.36. The van der Waals surface area contributed by atoms with Gasteiger partial charge in [0.2, 0.25) is 0 Å². The van der Waals surface area contributed by atoms with Crippen molar-refractivity contribution in [1.82, 2.24) is 24.9 Å². The molecule has 5 rings (SSSR count). The monoisotopic (exact) mass is 498 g/mol. The van der Waals surface area contributed by atoms with Gasteiger partial charge in [-0.3, -0.25) is 9.80 Å². The van der Waals surface area contributed by atoms with Gasteiger partial charge in [0.15, 0.2) is 0 Å². The van der Waals surface area contributed by atoms with Gasteiger partial charge in [0.05, 0.1) is 0 Å². The highest BCUT2D eigenvalue weighted by atomic mass is 16.6. The lowest BCUT2D eigenvalue weighted by Gasteiger charge is -2.38. The van der Waals surface area contributed by atoms with Gasteiger partial charge in [0, 0.05) is 57.0 Å². The fourth-order valence-electron chi connectivity index (χ4n) is 6.19. The zero-order chi connectivity index (χ0) is 24.7. The summed E-state index contributed by atoms with van der Waals surface area (Å²) in [6.07, 6.45) is 5.87. The van der Waals surface area contributed by atoms with Gasteiger partial charge in [-0.1, -0.05) is 18.2 Å². The van der Waals surface area contributed by atoms with Crippen LogP contribution in [0.2, 0.25) is 0 Å². The fraction of sp³-hybridized carbons (Fsp3) is 0.704. The Bertz CT molecular complexity index is 874. The molecule has 0 aromatic heterocycles. The Balaban J connectivity index is 0.991. The third-order valence-corrected chi connectivity index (χ3v) is 8.39. The van der Waals surface area contributed by atoms with Crippen molar-refractivity contribution in [2.75, 3.05) is 77.4 Å². The van der Waals surface area contributed by atoms with E-state index < -0.39 is 0 Å². The summed E-state index contributed by atoms with van der Waals surface area (Å²) in [5.74, 6) is 0. The molecule has 3 saturated heterocycles. The van der Waals surface area contributed by atoms with Crippen molar-refractivity contribution in [3.63, 3.8) is 0 Å². The topological polar surface area (TPSA) is 80.4 Å². The van der Waals surface area contributed by atoms with Crippen LogP contribution in [-0.2, 0) is 11.2 Å². The van der Waals surface area contributed by atoms with Crippen LogP contribution in [0.25, 0.3) is 0 Å². The number of fused-ring (bicyclic) bond motifs is 1. The number of likely N-dealkylation sites (tertiary alicyclic amines) is 2. The number of urea groups is 1. The van der Waals surface area contributed by atoms with E-state index >= 15 is 0 Å². The van der Waals surface area contributed by atoms with Crippen LogP contribution in [0.4, 0.5) is 15.3 Å². The largest absolute Gasteiger partial charge is 0.448 e. The number of para-hydroxylation sites is 1. The summed E-state index contributed by atoms with van der Waals surface area (Å²) < 4.78 is 5.64. The van der Waals surface area contributed by atoms with Crippen LogP contribution in [0, 0.1) is 0 Å². The Morgan fingerprint density at radius 3 is 2.53 bits per heavy atom. The molecule has 4 aliphatic heterocycles. The van der Waals surface area contributed by atoms with E-state index in [0.717, 1.165) is 64.2 Å². The van der Waals surface area contributed by atoms with Gasteiger partial charge in [-0.25, -0.2) is 9.59 Å². The zero-order valence-electron chi connectivity index (χ0n) is 21.5. The summed E-state index contributed by atoms with van der Waals surface area (Å²) in [6.45, 7) is 10.0. The number of nitrogens with zero attached hydrogens (tertiary/aromatic N) is 4. The van der Waals surface area contributed by atoms with E-state index in [9.17, 15) is 9.59 Å². The minimum Gasteiger partial charge on any atom is -0.448 e. The molecule has 198 valence electrons. The predicted molar refractivity (Wildman–Crippen MR) is 140 cm³/mol. The average molecular weight is 499 g/mol. The van der Waals surface area contributed by atoms with E-state index in [1.54, 1.807) is 4.90 Å². The molecule has 0 bridgehead atoms. The lowest BCUT2D eigenvalue weighted by atomic mass is 10.0. The van der Waals surface area contributed by atoms with Gasteiger partial charge in [0.1, 0.15) is 6.61 Å². The molecule has 9 nitrogen and oxygen atoms in total. The van der Waals surface area contributed by atoms with Crippen molar-refractivity contribution in [3.05, 3.63) is 29.8 Å². The van der Waals surface area contributed by atoms with Crippen LogP contribution >= 0.6 is 0 Å². The second kappa shape index (κ2) is 12.3. The summed E-state index contributed by atoms with van der Waals surface area (Å²) >= 11 is 0. The highest BCUT2D eigenvalue weighted by molar-refractivity contribution is 5.91. The number of piperidine rings is 2. The Labute approximate surface area is 215 Å². The first kappa shape index (κ1) is 25.3. The molecule has 3 fully saturated rings. The van der Waals surface area contributed by atoms with Crippen molar-refractivity contribution < 1.29 is 14.3 Å². The molecule has 2 N–H and O–H groups in total. The average Bonchev–Trinajstić information content (AvgIpc) is 3.28. The van der Waals surface area contributed by atoms with Crippen molar-refractivity contribution in [1.29, 1.82) is 0 Å². The van der Waals surface area contributed by atoms with E-state index in [1.165, 1.54) is 31.4 Å². The maximum absolute atomic E-state index is 12.8. The van der Waals surface area contributed by atoms with E-state index in [0.29, 0.717) is 32.3 Å². The van der Waals surface area contributed by atoms with E-state index in [4.69, 9.17) is 4.74 Å². The van der Waals surface area contributed by atoms with E-state index in [2.05, 4.69) is 26.5 Å². The molecular weight excluding hydrogens is 456 g/mol. The van der Waals surface area contributed by atoms with Gasteiger partial charge in [-0.2, -0.15) is 0 Å². The first-order chi connectivity index (χ1) is 17.7. The maximum Gasteiger partial charge on any atom is 0.409 e. The van der Waals surface area contributed by atoms with Crippen LogP contribution in [-0.4, -0.2) is 116 Å². The van der Waals surface area contributed by atoms with E-state index in [1.807, 2.05) is 23.1 Å². The van der Waals surface area contributed by atoms with Crippen LogP contribution in [0.3, 0.4) is 0 Å². The van der Waals surface area contributed by atoms with Crippen LogP contribution < -0.4 is 10.6 Å². The van der Waals surface area contributed by atoms with Gasteiger partial charge in [0.25, 0.3) is 0 Å². The molecular formula is C27H42N6O3. The Morgan fingerprint density at radius 1 is 0.917 bits per heavy atom. The highest BCUT2D eigenvalue weighted by Gasteiger charge is 2.32. The molecule has 4 heterocycles. The first-order valence-electron chi connectivity index (χ1n) is 13.9. The fourth-order valence-corrected chi connectivity index (χ4v) is 6.19. The van der Waals surface area contributed by atoms with Gasteiger partial charge < -0.3 is 25.2 Å². The quantitative estimate of drug-likeness (QED) is 0.649. The standard InChI is InChI=1S/C27H42N6O3/c34-26-29-25-5-2-1-4-22(25)6-18-33(26)24-9-16-32(17-10-24)27(35)36-21-20-30-14-7-23(8-15-30)31-13-3-11-28-12-19-31/h1-2,4-5,23-24,28H,3,6-21H2,(H,29,34). The summed E-state index contributed by atoms with van der Waals surface area (Å²) in [7, 11) is 0. The number of amides is 3. The number of nitrogens with one attached hydrogen (secondary N) is 2. The summed E-state index contributed by atoms with van der Waals surface area (Å²) in [6, 6.07) is 8.84. The zero-order valence-corrected chi connectivity index (χ0v) is 21.5. The predicted octanol–water partition coefficient (Wildman–Crippen LogP) is 2.44. The van der Waals surface area contributed by atoms with Gasteiger partial charge in [-0.15, -0.1) is 0 Å². The van der Waals surface area contributed by atoms with Gasteiger partial charge >= 0.3 is 12.1 Å². The molecule has 3 amide bonds. The lowest BCUT2D eigenvalue weighted by molar-refractivity contribution is 0.0620. The third kappa shape index (κ3) is 6.30. The molecule has 0 saturated carbocycles. The number of anilines is 1. The summed E-state index contributed by atoms with van der Waals surface area (Å²) in [4.78, 5) is 34.3. The smallest absolute Gasteiger partial charge is 0.409 e. The van der Waals surface area contributed by atoms with Crippen molar-refractivity contribution in [3.8, 4) is 0 Å². The second-order valence-corrected chi connectivity index (χ2v) is 10.6. The van der Waals surface area contributed by atoms with Gasteiger partial charge in [-0.05, 0) is 76.3 Å². The SMILES string of the molecule is O=C(OCCN1CCC(N2CCCNCC2)CC1)N1CCC(N2CCc3ccccc3NC2=O)CC1. The second-order valence-electron chi connectivity index (χ2n) is 10.6.